The van der Waals surface area contributed by atoms with Crippen LogP contribution in [0.1, 0.15) is 41.8 Å². The van der Waals surface area contributed by atoms with E-state index in [-0.39, 0.29) is 16.4 Å². The fraction of sp³-hybridized carbons (Fsp3) is 0.500. The molecule has 0 aromatic heterocycles. The Kier molecular flexibility index (Phi) is 5.93. The van der Waals surface area contributed by atoms with Gasteiger partial charge in [-0.1, -0.05) is 20.3 Å². The van der Waals surface area contributed by atoms with Crippen molar-refractivity contribution < 1.29 is 23.1 Å². The minimum atomic E-state index is -3.46. The Balaban J connectivity index is 3.27. The molecular formula is C16H23NO5S. The minimum absolute atomic E-state index is 0.0427. The second kappa shape index (κ2) is 7.12. The van der Waals surface area contributed by atoms with E-state index in [4.69, 9.17) is 0 Å². The molecule has 0 bridgehead atoms. The smallest absolute Gasteiger partial charge is 0.326 e. The van der Waals surface area contributed by atoms with Gasteiger partial charge in [-0.2, -0.15) is 0 Å². The van der Waals surface area contributed by atoms with Crippen molar-refractivity contribution in [3.8, 4) is 0 Å². The minimum Gasteiger partial charge on any atom is -0.480 e. The van der Waals surface area contributed by atoms with E-state index >= 15 is 0 Å². The summed E-state index contributed by atoms with van der Waals surface area (Å²) in [6.45, 7) is 7.00. The van der Waals surface area contributed by atoms with E-state index in [0.717, 1.165) is 6.26 Å². The number of carboxylic acid groups (broad SMARTS) is 1. The Hall–Kier alpha value is -1.89. The van der Waals surface area contributed by atoms with E-state index < -0.39 is 27.8 Å². The predicted octanol–water partition coefficient (Wildman–Crippen LogP) is 1.94. The van der Waals surface area contributed by atoms with Gasteiger partial charge in [0.15, 0.2) is 9.84 Å². The molecule has 1 aromatic carbocycles. The first kappa shape index (κ1) is 19.2. The zero-order valence-corrected chi connectivity index (χ0v) is 14.8. The van der Waals surface area contributed by atoms with Crippen LogP contribution in [0, 0.1) is 19.8 Å². The maximum atomic E-state index is 12.5. The number of benzene rings is 1. The van der Waals surface area contributed by atoms with Gasteiger partial charge < -0.3 is 10.4 Å². The van der Waals surface area contributed by atoms with Gasteiger partial charge in [-0.3, -0.25) is 4.79 Å². The van der Waals surface area contributed by atoms with Crippen LogP contribution in [0.25, 0.3) is 0 Å². The average molecular weight is 341 g/mol. The average Bonchev–Trinajstić information content (AvgIpc) is 2.44. The molecular weight excluding hydrogens is 318 g/mol. The SMILES string of the molecule is CC[C@H](C)[C@H](NC(=O)c1cc(S(C)(=O)=O)cc(C)c1C)C(=O)O. The van der Waals surface area contributed by atoms with Crippen LogP contribution in [0.5, 0.6) is 0 Å². The van der Waals surface area contributed by atoms with Gasteiger partial charge in [-0.25, -0.2) is 13.2 Å². The highest BCUT2D eigenvalue weighted by molar-refractivity contribution is 7.90. The third-order valence-corrected chi connectivity index (χ3v) is 5.17. The van der Waals surface area contributed by atoms with Crippen molar-refractivity contribution in [2.75, 3.05) is 6.26 Å². The zero-order valence-electron chi connectivity index (χ0n) is 14.0. The highest BCUT2D eigenvalue weighted by Gasteiger charge is 2.27. The molecule has 2 atom stereocenters. The van der Waals surface area contributed by atoms with Gasteiger partial charge in [0.2, 0.25) is 0 Å². The first-order valence-corrected chi connectivity index (χ1v) is 9.23. The number of hydrogen-bond donors (Lipinski definition) is 2. The third-order valence-electron chi connectivity index (χ3n) is 4.08. The monoisotopic (exact) mass is 341 g/mol. The molecule has 0 aliphatic carbocycles. The fourth-order valence-electron chi connectivity index (χ4n) is 2.18. The summed E-state index contributed by atoms with van der Waals surface area (Å²) < 4.78 is 23.5. The Morgan fingerprint density at radius 3 is 2.26 bits per heavy atom. The predicted molar refractivity (Wildman–Crippen MR) is 87.4 cm³/mol. The molecule has 1 aromatic rings. The Labute approximate surface area is 136 Å². The standard InChI is InChI=1S/C16H23NO5S/c1-6-9(2)14(16(19)20)17-15(18)13-8-12(23(5,21)22)7-10(3)11(13)4/h7-9,14H,6H2,1-5H3,(H,17,18)(H,19,20)/t9-,14-/m0/s1. The van der Waals surface area contributed by atoms with E-state index in [2.05, 4.69) is 5.32 Å². The largest absolute Gasteiger partial charge is 0.480 e. The van der Waals surface area contributed by atoms with Crippen LogP contribution in [-0.2, 0) is 14.6 Å². The summed E-state index contributed by atoms with van der Waals surface area (Å²) in [6.07, 6.45) is 1.66. The molecule has 0 aliphatic heterocycles. The molecule has 0 saturated carbocycles. The van der Waals surface area contributed by atoms with E-state index in [1.165, 1.54) is 12.1 Å². The van der Waals surface area contributed by atoms with Gasteiger partial charge in [-0.15, -0.1) is 0 Å². The maximum Gasteiger partial charge on any atom is 0.326 e. The number of hydrogen-bond acceptors (Lipinski definition) is 4. The van der Waals surface area contributed by atoms with Crippen molar-refractivity contribution in [2.45, 2.75) is 45.1 Å². The summed E-state index contributed by atoms with van der Waals surface area (Å²) in [5, 5.41) is 11.8. The Morgan fingerprint density at radius 2 is 1.83 bits per heavy atom. The quantitative estimate of drug-likeness (QED) is 0.823. The molecule has 0 unspecified atom stereocenters. The van der Waals surface area contributed by atoms with Crippen LogP contribution in [0.2, 0.25) is 0 Å². The van der Waals surface area contributed by atoms with E-state index in [1.54, 1.807) is 20.8 Å². The topological polar surface area (TPSA) is 101 Å². The van der Waals surface area contributed by atoms with Crippen LogP contribution < -0.4 is 5.32 Å². The normalized spacial score (nSPS) is 14.1. The van der Waals surface area contributed by atoms with Crippen molar-refractivity contribution >= 4 is 21.7 Å². The van der Waals surface area contributed by atoms with Crippen molar-refractivity contribution in [3.05, 3.63) is 28.8 Å². The van der Waals surface area contributed by atoms with Crippen LogP contribution in [0.3, 0.4) is 0 Å². The van der Waals surface area contributed by atoms with Gasteiger partial charge >= 0.3 is 5.97 Å². The van der Waals surface area contributed by atoms with Crippen molar-refractivity contribution in [2.24, 2.45) is 5.92 Å². The van der Waals surface area contributed by atoms with Crippen molar-refractivity contribution in [1.82, 2.24) is 5.32 Å². The molecule has 0 saturated heterocycles. The fourth-order valence-corrected chi connectivity index (χ4v) is 2.90. The van der Waals surface area contributed by atoms with Gasteiger partial charge in [0.1, 0.15) is 6.04 Å². The second-order valence-corrected chi connectivity index (χ2v) is 7.88. The van der Waals surface area contributed by atoms with Crippen LogP contribution in [0.15, 0.2) is 17.0 Å². The molecule has 1 rings (SSSR count). The highest BCUT2D eigenvalue weighted by Crippen LogP contribution is 2.20. The number of rotatable bonds is 6. The van der Waals surface area contributed by atoms with E-state index in [1.807, 2.05) is 6.92 Å². The highest BCUT2D eigenvalue weighted by atomic mass is 32.2. The van der Waals surface area contributed by atoms with Crippen LogP contribution in [0.4, 0.5) is 0 Å². The molecule has 0 spiro atoms. The van der Waals surface area contributed by atoms with E-state index in [0.29, 0.717) is 17.5 Å². The maximum absolute atomic E-state index is 12.5. The molecule has 2 N–H and O–H groups in total. The first-order chi connectivity index (χ1) is 10.5. The number of sulfone groups is 1. The zero-order chi connectivity index (χ0) is 17.9. The molecule has 6 nitrogen and oxygen atoms in total. The molecule has 0 radical (unpaired) electrons. The molecule has 128 valence electrons. The van der Waals surface area contributed by atoms with Gasteiger partial charge in [0.05, 0.1) is 4.90 Å². The number of aliphatic carboxylic acids is 1. The lowest BCUT2D eigenvalue weighted by atomic mass is 9.97. The number of amides is 1. The lowest BCUT2D eigenvalue weighted by molar-refractivity contribution is -0.140. The van der Waals surface area contributed by atoms with Crippen LogP contribution in [-0.4, -0.2) is 37.7 Å². The second-order valence-electron chi connectivity index (χ2n) is 5.86. The Bertz CT molecular complexity index is 724. The van der Waals surface area contributed by atoms with Crippen LogP contribution >= 0.6 is 0 Å². The Morgan fingerprint density at radius 1 is 1.26 bits per heavy atom. The number of nitrogens with one attached hydrogen (secondary N) is 1. The van der Waals surface area contributed by atoms with Crippen molar-refractivity contribution in [1.29, 1.82) is 0 Å². The lowest BCUT2D eigenvalue weighted by Crippen LogP contribution is -2.45. The molecule has 1 amide bonds. The number of carboxylic acids is 1. The third kappa shape index (κ3) is 4.54. The number of carbonyl (C=O) groups excluding carboxylic acids is 1. The number of carbonyl (C=O) groups is 2. The lowest BCUT2D eigenvalue weighted by Gasteiger charge is -2.21. The molecule has 23 heavy (non-hydrogen) atoms. The van der Waals surface area contributed by atoms with Crippen molar-refractivity contribution in [3.63, 3.8) is 0 Å². The summed E-state index contributed by atoms with van der Waals surface area (Å²) in [7, 11) is -3.46. The molecule has 0 fully saturated rings. The van der Waals surface area contributed by atoms with E-state index in [9.17, 15) is 23.1 Å². The summed E-state index contributed by atoms with van der Waals surface area (Å²) >= 11 is 0. The molecule has 7 heteroatoms. The summed E-state index contributed by atoms with van der Waals surface area (Å²) in [5.41, 5.74) is 1.47. The number of aryl methyl sites for hydroxylation is 1. The summed E-state index contributed by atoms with van der Waals surface area (Å²) in [6, 6.07) is 1.78. The van der Waals surface area contributed by atoms with Gasteiger partial charge in [-0.05, 0) is 43.0 Å². The summed E-state index contributed by atoms with van der Waals surface area (Å²) in [5.74, 6) is -1.93. The molecule has 0 heterocycles. The summed E-state index contributed by atoms with van der Waals surface area (Å²) in [4.78, 5) is 23.8. The van der Waals surface area contributed by atoms with Gasteiger partial charge in [0, 0.05) is 11.8 Å². The molecule has 0 aliphatic rings. The van der Waals surface area contributed by atoms with Gasteiger partial charge in [0.25, 0.3) is 5.91 Å². The first-order valence-electron chi connectivity index (χ1n) is 7.34.